The van der Waals surface area contributed by atoms with E-state index >= 15 is 0 Å². The molecule has 0 aliphatic heterocycles. The Kier molecular flexibility index (Phi) is 7.80. The van der Waals surface area contributed by atoms with Gasteiger partial charge in [0.1, 0.15) is 5.82 Å². The quantitative estimate of drug-likeness (QED) is 0.258. The van der Waals surface area contributed by atoms with Crippen molar-refractivity contribution >= 4 is 5.78 Å². The van der Waals surface area contributed by atoms with Gasteiger partial charge in [0.05, 0.1) is 22.9 Å². The molecule has 1 atom stereocenters. The van der Waals surface area contributed by atoms with E-state index in [9.17, 15) is 27.5 Å². The molecule has 7 heteroatoms. The van der Waals surface area contributed by atoms with Crippen LogP contribution in [0.15, 0.2) is 48.5 Å². The SMILES string of the molecule is Cc1nc(C2CCCC2)c(C(=O)c2ccc(C(F)(F)F)cc2)c(-c2ccc(F)cc2)c1[C@@H](O)CC(C)(C)C. The lowest BCUT2D eigenvalue weighted by Gasteiger charge is -2.28. The monoisotopic (exact) mass is 527 g/mol. The lowest BCUT2D eigenvalue weighted by molar-refractivity contribution is -0.137. The number of hydrogen-bond donors (Lipinski definition) is 1. The number of benzene rings is 2. The zero-order valence-electron chi connectivity index (χ0n) is 22.1. The lowest BCUT2D eigenvalue weighted by atomic mass is 9.80. The van der Waals surface area contributed by atoms with Crippen LogP contribution < -0.4 is 0 Å². The summed E-state index contributed by atoms with van der Waals surface area (Å²) in [7, 11) is 0. The first-order valence-electron chi connectivity index (χ1n) is 13.0. The van der Waals surface area contributed by atoms with E-state index in [0.717, 1.165) is 37.8 Å². The number of alkyl halides is 3. The fourth-order valence-corrected chi connectivity index (χ4v) is 5.43. The van der Waals surface area contributed by atoms with E-state index in [0.29, 0.717) is 34.5 Å². The van der Waals surface area contributed by atoms with Crippen LogP contribution in [0.5, 0.6) is 0 Å². The lowest BCUT2D eigenvalue weighted by Crippen LogP contribution is -2.19. The van der Waals surface area contributed by atoms with E-state index in [2.05, 4.69) is 0 Å². The minimum Gasteiger partial charge on any atom is -0.388 e. The van der Waals surface area contributed by atoms with Crippen LogP contribution in [-0.2, 0) is 6.18 Å². The van der Waals surface area contributed by atoms with Gasteiger partial charge in [-0.05, 0) is 61.4 Å². The Balaban J connectivity index is 2.01. The Labute approximate surface area is 220 Å². The average molecular weight is 528 g/mol. The largest absolute Gasteiger partial charge is 0.416 e. The second kappa shape index (κ2) is 10.6. The number of nitrogens with zero attached hydrogens (tertiary/aromatic N) is 1. The molecule has 4 rings (SSSR count). The maximum absolute atomic E-state index is 14.1. The van der Waals surface area contributed by atoms with Crippen LogP contribution in [0.3, 0.4) is 0 Å². The number of aromatic nitrogens is 1. The van der Waals surface area contributed by atoms with Gasteiger partial charge in [-0.3, -0.25) is 9.78 Å². The van der Waals surface area contributed by atoms with Crippen molar-refractivity contribution in [1.82, 2.24) is 4.98 Å². The predicted molar refractivity (Wildman–Crippen MR) is 139 cm³/mol. The van der Waals surface area contributed by atoms with Crippen molar-refractivity contribution in [2.75, 3.05) is 0 Å². The van der Waals surface area contributed by atoms with Crippen molar-refractivity contribution < 1.29 is 27.5 Å². The van der Waals surface area contributed by atoms with Gasteiger partial charge in [0.15, 0.2) is 5.78 Å². The summed E-state index contributed by atoms with van der Waals surface area (Å²) < 4.78 is 53.5. The van der Waals surface area contributed by atoms with Gasteiger partial charge in [-0.1, -0.05) is 57.9 Å². The molecule has 1 aliphatic carbocycles. The Morgan fingerprint density at radius 3 is 2.11 bits per heavy atom. The molecule has 3 aromatic rings. The number of pyridine rings is 1. The van der Waals surface area contributed by atoms with E-state index in [1.807, 2.05) is 20.8 Å². The van der Waals surface area contributed by atoms with E-state index in [4.69, 9.17) is 4.98 Å². The highest BCUT2D eigenvalue weighted by Gasteiger charge is 2.34. The third kappa shape index (κ3) is 5.98. The second-order valence-corrected chi connectivity index (χ2v) is 11.4. The summed E-state index contributed by atoms with van der Waals surface area (Å²) in [6, 6.07) is 9.90. The van der Waals surface area contributed by atoms with Crippen molar-refractivity contribution in [2.45, 2.75) is 78.0 Å². The molecule has 202 valence electrons. The van der Waals surface area contributed by atoms with Crippen LogP contribution in [0.4, 0.5) is 17.6 Å². The van der Waals surface area contributed by atoms with Crippen LogP contribution in [0.25, 0.3) is 11.1 Å². The minimum atomic E-state index is -4.52. The zero-order chi connectivity index (χ0) is 27.8. The van der Waals surface area contributed by atoms with E-state index in [1.165, 1.54) is 24.3 Å². The summed E-state index contributed by atoms with van der Waals surface area (Å²) in [5, 5.41) is 11.4. The topological polar surface area (TPSA) is 50.2 Å². The van der Waals surface area contributed by atoms with Crippen molar-refractivity contribution in [1.29, 1.82) is 0 Å². The molecule has 0 bridgehead atoms. The van der Waals surface area contributed by atoms with Crippen LogP contribution >= 0.6 is 0 Å². The van der Waals surface area contributed by atoms with Gasteiger partial charge in [-0.25, -0.2) is 4.39 Å². The molecule has 1 aliphatic rings. The Morgan fingerprint density at radius 1 is 1.00 bits per heavy atom. The molecule has 0 unspecified atom stereocenters. The maximum atomic E-state index is 14.1. The van der Waals surface area contributed by atoms with Gasteiger partial charge in [0.25, 0.3) is 0 Å². The second-order valence-electron chi connectivity index (χ2n) is 11.4. The Hall–Kier alpha value is -3.06. The first-order valence-corrected chi connectivity index (χ1v) is 13.0. The minimum absolute atomic E-state index is 0.00936. The van der Waals surface area contributed by atoms with Gasteiger partial charge < -0.3 is 5.11 Å². The summed E-state index contributed by atoms with van der Waals surface area (Å²) in [6.45, 7) is 7.80. The molecule has 0 amide bonds. The number of aliphatic hydroxyl groups is 1. The van der Waals surface area contributed by atoms with Crippen LogP contribution in [0.1, 0.15) is 103 Å². The van der Waals surface area contributed by atoms with E-state index < -0.39 is 29.4 Å². The fraction of sp³-hybridized carbons (Fsp3) is 0.419. The van der Waals surface area contributed by atoms with Crippen molar-refractivity contribution in [3.8, 4) is 11.1 Å². The standard InChI is InChI=1S/C31H33F4NO2/c1-18-25(24(37)17-30(2,3)4)26(19-11-15-23(32)16-12-19)27(28(36-18)20-7-5-6-8-20)29(38)21-9-13-22(14-10-21)31(33,34)35/h9-16,20,24,37H,5-8,17H2,1-4H3/t24-/m0/s1. The van der Waals surface area contributed by atoms with Gasteiger partial charge in [0.2, 0.25) is 0 Å². The molecule has 0 radical (unpaired) electrons. The first kappa shape index (κ1) is 28.0. The van der Waals surface area contributed by atoms with Gasteiger partial charge in [-0.2, -0.15) is 13.2 Å². The number of rotatable bonds is 6. The van der Waals surface area contributed by atoms with Gasteiger partial charge in [0, 0.05) is 28.3 Å². The number of aliphatic hydroxyl groups excluding tert-OH is 1. The fourth-order valence-electron chi connectivity index (χ4n) is 5.43. The molecule has 1 saturated carbocycles. The van der Waals surface area contributed by atoms with E-state index in [1.54, 1.807) is 19.1 Å². The molecule has 1 fully saturated rings. The van der Waals surface area contributed by atoms with E-state index in [-0.39, 0.29) is 22.5 Å². The number of carbonyl (C=O) groups excluding carboxylic acids is 1. The predicted octanol–water partition coefficient (Wildman–Crippen LogP) is 8.57. The molecule has 2 aromatic carbocycles. The number of aryl methyl sites for hydroxylation is 1. The maximum Gasteiger partial charge on any atom is 0.416 e. The third-order valence-electron chi connectivity index (χ3n) is 7.17. The Morgan fingerprint density at radius 2 is 1.58 bits per heavy atom. The van der Waals surface area contributed by atoms with Crippen LogP contribution in [0, 0.1) is 18.2 Å². The molecule has 0 saturated heterocycles. The molecule has 0 spiro atoms. The molecular formula is C31H33F4NO2. The van der Waals surface area contributed by atoms with Crippen molar-refractivity contribution in [3.05, 3.63) is 88.0 Å². The zero-order valence-corrected chi connectivity index (χ0v) is 22.1. The first-order chi connectivity index (χ1) is 17.8. The number of hydrogen-bond acceptors (Lipinski definition) is 3. The summed E-state index contributed by atoms with van der Waals surface area (Å²) in [6.07, 6.45) is -1.44. The number of halogens is 4. The highest BCUT2D eigenvalue weighted by atomic mass is 19.4. The number of carbonyl (C=O) groups is 1. The smallest absolute Gasteiger partial charge is 0.388 e. The normalized spacial score (nSPS) is 15.6. The van der Waals surface area contributed by atoms with Gasteiger partial charge >= 0.3 is 6.18 Å². The highest BCUT2D eigenvalue weighted by Crippen LogP contribution is 2.44. The van der Waals surface area contributed by atoms with Crippen molar-refractivity contribution in [3.63, 3.8) is 0 Å². The molecule has 1 aromatic heterocycles. The summed E-state index contributed by atoms with van der Waals surface area (Å²) >= 11 is 0. The molecule has 3 nitrogen and oxygen atoms in total. The van der Waals surface area contributed by atoms with Crippen LogP contribution in [0.2, 0.25) is 0 Å². The summed E-state index contributed by atoms with van der Waals surface area (Å²) in [5.74, 6) is -0.894. The van der Waals surface area contributed by atoms with Crippen LogP contribution in [-0.4, -0.2) is 15.9 Å². The van der Waals surface area contributed by atoms with Crippen molar-refractivity contribution in [2.24, 2.45) is 5.41 Å². The molecule has 1 heterocycles. The summed E-state index contributed by atoms with van der Waals surface area (Å²) in [4.78, 5) is 19.0. The number of ketones is 1. The third-order valence-corrected chi connectivity index (χ3v) is 7.17. The highest BCUT2D eigenvalue weighted by molar-refractivity contribution is 6.14. The summed E-state index contributed by atoms with van der Waals surface area (Å²) in [5.41, 5.74) is 1.99. The molecule has 38 heavy (non-hydrogen) atoms. The van der Waals surface area contributed by atoms with Gasteiger partial charge in [-0.15, -0.1) is 0 Å². The average Bonchev–Trinajstić information content (AvgIpc) is 3.37. The Bertz CT molecular complexity index is 1300. The molecular weight excluding hydrogens is 494 g/mol. The molecule has 1 N–H and O–H groups in total.